The highest BCUT2D eigenvalue weighted by atomic mass is 19.1. The van der Waals surface area contributed by atoms with E-state index in [1.165, 1.54) is 4.90 Å². The van der Waals surface area contributed by atoms with Crippen molar-refractivity contribution in [1.29, 1.82) is 0 Å². The maximum atomic E-state index is 12.8. The third-order valence-corrected chi connectivity index (χ3v) is 2.30. The molecule has 2 amide bonds. The molecular weight excluding hydrogens is 171 g/mol. The quantitative estimate of drug-likeness (QED) is 0.656. The van der Waals surface area contributed by atoms with Crippen molar-refractivity contribution < 1.29 is 9.18 Å². The predicted octanol–water partition coefficient (Wildman–Crippen LogP) is 1.42. The Morgan fingerprint density at radius 2 is 2.38 bits per heavy atom. The van der Waals surface area contributed by atoms with E-state index in [1.807, 2.05) is 0 Å². The molecule has 0 bridgehead atoms. The molecule has 0 unspecified atom stereocenters. The number of rotatable bonds is 1. The lowest BCUT2D eigenvalue weighted by Crippen LogP contribution is -2.43. The van der Waals surface area contributed by atoms with Gasteiger partial charge >= 0.3 is 6.03 Å². The van der Waals surface area contributed by atoms with Gasteiger partial charge in [0.2, 0.25) is 0 Å². The molecule has 0 aromatic rings. The summed E-state index contributed by atoms with van der Waals surface area (Å²) in [6.45, 7) is 0.768. The van der Waals surface area contributed by atoms with Crippen LogP contribution in [0.1, 0.15) is 19.3 Å². The van der Waals surface area contributed by atoms with Gasteiger partial charge in [-0.05, 0) is 25.3 Å². The highest BCUT2D eigenvalue weighted by Gasteiger charge is 2.26. The van der Waals surface area contributed by atoms with Crippen molar-refractivity contribution in [2.45, 2.75) is 25.3 Å². The van der Waals surface area contributed by atoms with E-state index in [2.05, 4.69) is 5.32 Å². The number of hydrogen-bond acceptors (Lipinski definition) is 1. The van der Waals surface area contributed by atoms with Crippen LogP contribution in [0.25, 0.3) is 0 Å². The van der Waals surface area contributed by atoms with Gasteiger partial charge in [-0.2, -0.15) is 0 Å². The van der Waals surface area contributed by atoms with Crippen molar-refractivity contribution in [2.24, 2.45) is 0 Å². The lowest BCUT2D eigenvalue weighted by atomic mass is 10.2. The van der Waals surface area contributed by atoms with Crippen molar-refractivity contribution in [3.05, 3.63) is 11.9 Å². The molecule has 0 saturated heterocycles. The van der Waals surface area contributed by atoms with E-state index in [0.29, 0.717) is 19.0 Å². The number of nitrogens with zero attached hydrogens (tertiary/aromatic N) is 1. The fourth-order valence-electron chi connectivity index (χ4n) is 1.37. The van der Waals surface area contributed by atoms with Gasteiger partial charge < -0.3 is 10.2 Å². The van der Waals surface area contributed by atoms with Crippen LogP contribution < -0.4 is 5.32 Å². The second-order valence-electron chi connectivity index (χ2n) is 3.58. The Hall–Kier alpha value is -1.06. The molecule has 1 aliphatic heterocycles. The molecule has 1 heterocycles. The summed E-state index contributed by atoms with van der Waals surface area (Å²) in [7, 11) is 0. The van der Waals surface area contributed by atoms with Gasteiger partial charge in [-0.15, -0.1) is 0 Å². The van der Waals surface area contributed by atoms with Crippen molar-refractivity contribution in [3.8, 4) is 0 Å². The van der Waals surface area contributed by atoms with E-state index in [9.17, 15) is 9.18 Å². The Labute approximate surface area is 76.6 Å². The van der Waals surface area contributed by atoms with Gasteiger partial charge in [0, 0.05) is 12.6 Å². The first-order valence-corrected chi connectivity index (χ1v) is 4.65. The standard InChI is InChI=1S/C9H13FN2O/c10-7-2-1-5-12(6-7)9(13)11-8-3-4-8/h2,8H,1,3-6H2,(H,11,13). The fraction of sp³-hybridized carbons (Fsp3) is 0.667. The Balaban J connectivity index is 1.85. The van der Waals surface area contributed by atoms with Gasteiger partial charge in [0.1, 0.15) is 5.83 Å². The minimum atomic E-state index is -0.197. The maximum Gasteiger partial charge on any atom is 0.318 e. The number of hydrogen-bond donors (Lipinski definition) is 1. The number of carbonyl (C=O) groups excluding carboxylic acids is 1. The van der Waals surface area contributed by atoms with E-state index in [1.54, 1.807) is 6.08 Å². The normalized spacial score (nSPS) is 22.5. The number of halogens is 1. The van der Waals surface area contributed by atoms with Gasteiger partial charge in [0.25, 0.3) is 0 Å². The molecule has 2 aliphatic rings. The Bertz CT molecular complexity index is 248. The van der Waals surface area contributed by atoms with E-state index in [-0.39, 0.29) is 18.4 Å². The molecule has 3 nitrogen and oxygen atoms in total. The van der Waals surface area contributed by atoms with Gasteiger partial charge in [-0.3, -0.25) is 0 Å². The molecule has 13 heavy (non-hydrogen) atoms. The summed E-state index contributed by atoms with van der Waals surface area (Å²) in [5.74, 6) is -0.197. The first kappa shape index (κ1) is 8.53. The fourth-order valence-corrected chi connectivity index (χ4v) is 1.37. The van der Waals surface area contributed by atoms with Crippen LogP contribution >= 0.6 is 0 Å². The zero-order valence-corrected chi connectivity index (χ0v) is 7.42. The molecule has 1 saturated carbocycles. The monoisotopic (exact) mass is 184 g/mol. The van der Waals surface area contributed by atoms with Gasteiger partial charge in [0.05, 0.1) is 6.54 Å². The number of urea groups is 1. The van der Waals surface area contributed by atoms with Crippen LogP contribution in [0.2, 0.25) is 0 Å². The van der Waals surface area contributed by atoms with Gasteiger partial charge in [-0.25, -0.2) is 9.18 Å². The summed E-state index contributed by atoms with van der Waals surface area (Å²) in [5, 5.41) is 2.84. The summed E-state index contributed by atoms with van der Waals surface area (Å²) in [6.07, 6.45) is 4.31. The number of amides is 2. The smallest absolute Gasteiger partial charge is 0.318 e. The molecule has 0 atom stereocenters. The Morgan fingerprint density at radius 1 is 1.62 bits per heavy atom. The summed E-state index contributed by atoms with van der Waals surface area (Å²) < 4.78 is 12.8. The molecule has 1 fully saturated rings. The molecule has 2 rings (SSSR count). The van der Waals surface area contributed by atoms with Crippen molar-refractivity contribution >= 4 is 6.03 Å². The maximum absolute atomic E-state index is 12.8. The summed E-state index contributed by atoms with van der Waals surface area (Å²) in [6, 6.07) is 0.229. The van der Waals surface area contributed by atoms with Gasteiger partial charge in [-0.1, -0.05) is 0 Å². The van der Waals surface area contributed by atoms with E-state index in [4.69, 9.17) is 0 Å². The molecule has 72 valence electrons. The largest absolute Gasteiger partial charge is 0.335 e. The Kier molecular flexibility index (Phi) is 2.20. The third kappa shape index (κ3) is 2.20. The predicted molar refractivity (Wildman–Crippen MR) is 46.9 cm³/mol. The van der Waals surface area contributed by atoms with Crippen molar-refractivity contribution in [2.75, 3.05) is 13.1 Å². The molecule has 0 aromatic heterocycles. The highest BCUT2D eigenvalue weighted by Crippen LogP contribution is 2.19. The average Bonchev–Trinajstić information content (AvgIpc) is 2.88. The van der Waals surface area contributed by atoms with Crippen LogP contribution in [-0.2, 0) is 0 Å². The van der Waals surface area contributed by atoms with Crippen LogP contribution in [0.3, 0.4) is 0 Å². The first-order chi connectivity index (χ1) is 6.25. The summed E-state index contributed by atoms with van der Waals surface area (Å²) in [5.41, 5.74) is 0. The molecule has 0 aromatic carbocycles. The zero-order chi connectivity index (χ0) is 9.26. The summed E-state index contributed by atoms with van der Waals surface area (Å²) >= 11 is 0. The molecule has 0 spiro atoms. The van der Waals surface area contributed by atoms with Crippen LogP contribution in [0.4, 0.5) is 9.18 Å². The van der Waals surface area contributed by atoms with E-state index >= 15 is 0 Å². The van der Waals surface area contributed by atoms with Gasteiger partial charge in [0.15, 0.2) is 0 Å². The second kappa shape index (κ2) is 3.36. The van der Waals surface area contributed by atoms with Crippen LogP contribution in [0.15, 0.2) is 11.9 Å². The number of carbonyl (C=O) groups is 1. The average molecular weight is 184 g/mol. The summed E-state index contributed by atoms with van der Waals surface area (Å²) in [4.78, 5) is 12.9. The lowest BCUT2D eigenvalue weighted by Gasteiger charge is -2.24. The molecule has 0 radical (unpaired) electrons. The second-order valence-corrected chi connectivity index (χ2v) is 3.58. The van der Waals surface area contributed by atoms with E-state index < -0.39 is 0 Å². The molecule has 4 heteroatoms. The topological polar surface area (TPSA) is 32.3 Å². The van der Waals surface area contributed by atoms with E-state index in [0.717, 1.165) is 12.8 Å². The number of nitrogens with one attached hydrogen (secondary N) is 1. The third-order valence-electron chi connectivity index (χ3n) is 2.30. The zero-order valence-electron chi connectivity index (χ0n) is 7.42. The van der Waals surface area contributed by atoms with Crippen LogP contribution in [0, 0.1) is 0 Å². The molecule has 1 N–H and O–H groups in total. The Morgan fingerprint density at radius 3 is 3.00 bits per heavy atom. The van der Waals surface area contributed by atoms with Crippen LogP contribution in [0.5, 0.6) is 0 Å². The highest BCUT2D eigenvalue weighted by molar-refractivity contribution is 5.75. The SMILES string of the molecule is O=C(NC1CC1)N1CCC=C(F)C1. The lowest BCUT2D eigenvalue weighted by molar-refractivity contribution is 0.196. The first-order valence-electron chi connectivity index (χ1n) is 4.65. The molecule has 1 aliphatic carbocycles. The minimum Gasteiger partial charge on any atom is -0.335 e. The van der Waals surface area contributed by atoms with Crippen molar-refractivity contribution in [1.82, 2.24) is 10.2 Å². The molecular formula is C9H13FN2O. The van der Waals surface area contributed by atoms with Crippen molar-refractivity contribution in [3.63, 3.8) is 0 Å². The minimum absolute atomic E-state index is 0.120. The van der Waals surface area contributed by atoms with Crippen LogP contribution in [-0.4, -0.2) is 30.1 Å².